The van der Waals surface area contributed by atoms with Crippen LogP contribution in [0.2, 0.25) is 5.02 Å². The molecule has 0 unspecified atom stereocenters. The maximum atomic E-state index is 10.7. The summed E-state index contributed by atoms with van der Waals surface area (Å²) < 4.78 is 5.35. The quantitative estimate of drug-likeness (QED) is 0.588. The van der Waals surface area contributed by atoms with Crippen molar-refractivity contribution in [2.45, 2.75) is 13.0 Å². The number of carbonyl (C=O) groups excluding carboxylic acids is 1. The van der Waals surface area contributed by atoms with Gasteiger partial charge in [0.2, 0.25) is 0 Å². The molecule has 21 heavy (non-hydrogen) atoms. The van der Waals surface area contributed by atoms with E-state index < -0.39 is 5.91 Å². The molecule has 0 aliphatic carbocycles. The van der Waals surface area contributed by atoms with Crippen molar-refractivity contribution in [3.05, 3.63) is 28.8 Å². The molecule has 0 saturated heterocycles. The van der Waals surface area contributed by atoms with Crippen molar-refractivity contribution >= 4 is 42.3 Å². The molecule has 1 amide bonds. The molecular weight excluding hydrogens is 337 g/mol. The van der Waals surface area contributed by atoms with Crippen LogP contribution in [0.3, 0.4) is 0 Å². The maximum Gasteiger partial charge on any atom is 0.255 e. The minimum atomic E-state index is -0.497. The molecule has 0 aromatic heterocycles. The number of rotatable bonds is 9. The molecule has 1 aromatic carbocycles. The Labute approximate surface area is 142 Å². The third kappa shape index (κ3) is 9.77. The van der Waals surface area contributed by atoms with Crippen molar-refractivity contribution in [1.29, 1.82) is 0 Å². The molecule has 0 aliphatic heterocycles. The molecule has 0 atom stereocenters. The summed E-state index contributed by atoms with van der Waals surface area (Å²) in [6, 6.07) is 5.29. The second-order valence-corrected chi connectivity index (χ2v) is 4.58. The lowest BCUT2D eigenvalue weighted by molar-refractivity contribution is -0.119. The van der Waals surface area contributed by atoms with E-state index in [0.29, 0.717) is 17.3 Å². The number of primary amides is 1. The van der Waals surface area contributed by atoms with Crippen LogP contribution in [0.1, 0.15) is 12.0 Å². The zero-order chi connectivity index (χ0) is 14.1. The molecule has 1 rings (SSSR count). The Morgan fingerprint density at radius 1 is 1.33 bits per heavy atom. The van der Waals surface area contributed by atoms with Gasteiger partial charge in [0.15, 0.2) is 6.61 Å². The van der Waals surface area contributed by atoms with Crippen molar-refractivity contribution in [1.82, 2.24) is 10.6 Å². The van der Waals surface area contributed by atoms with Crippen LogP contribution in [0.4, 0.5) is 0 Å². The fourth-order valence-corrected chi connectivity index (χ4v) is 1.78. The Bertz CT molecular complexity index is 420. The zero-order valence-electron chi connectivity index (χ0n) is 11.9. The van der Waals surface area contributed by atoms with Gasteiger partial charge in [-0.3, -0.25) is 4.79 Å². The predicted molar refractivity (Wildman–Crippen MR) is 90.9 cm³/mol. The number of nitrogens with two attached hydrogens (primary N) is 1. The summed E-state index contributed by atoms with van der Waals surface area (Å²) in [6.45, 7) is 2.36. The average molecular weight is 359 g/mol. The predicted octanol–water partition coefficient (Wildman–Crippen LogP) is 1.75. The van der Waals surface area contributed by atoms with E-state index in [0.717, 1.165) is 25.1 Å². The minimum Gasteiger partial charge on any atom is -0.483 e. The molecular formula is C13H22Cl3N3O2. The van der Waals surface area contributed by atoms with Crippen molar-refractivity contribution in [2.75, 3.05) is 26.7 Å². The van der Waals surface area contributed by atoms with E-state index >= 15 is 0 Å². The first kappa shape index (κ1) is 22.6. The topological polar surface area (TPSA) is 76.4 Å². The first-order valence-electron chi connectivity index (χ1n) is 6.18. The molecule has 1 aromatic rings. The van der Waals surface area contributed by atoms with Crippen molar-refractivity contribution in [2.24, 2.45) is 5.73 Å². The number of amides is 1. The summed E-state index contributed by atoms with van der Waals surface area (Å²) in [6.07, 6.45) is 1.04. The van der Waals surface area contributed by atoms with E-state index in [4.69, 9.17) is 22.1 Å². The monoisotopic (exact) mass is 357 g/mol. The molecule has 0 heterocycles. The summed E-state index contributed by atoms with van der Waals surface area (Å²) >= 11 is 5.96. The normalized spacial score (nSPS) is 9.43. The van der Waals surface area contributed by atoms with Gasteiger partial charge in [-0.05, 0) is 44.8 Å². The number of nitrogens with one attached hydrogen (secondary N) is 2. The molecule has 0 fully saturated rings. The Morgan fingerprint density at radius 2 is 2.05 bits per heavy atom. The SMILES string of the molecule is CNCCCNCc1cc(Cl)ccc1OCC(N)=O.Cl.Cl. The van der Waals surface area contributed by atoms with Gasteiger partial charge in [-0.25, -0.2) is 0 Å². The van der Waals surface area contributed by atoms with E-state index in [2.05, 4.69) is 10.6 Å². The van der Waals surface area contributed by atoms with E-state index in [9.17, 15) is 4.79 Å². The van der Waals surface area contributed by atoms with Crippen LogP contribution < -0.4 is 21.1 Å². The van der Waals surface area contributed by atoms with Crippen LogP contribution in [0.5, 0.6) is 5.75 Å². The van der Waals surface area contributed by atoms with Crippen molar-refractivity contribution in [3.8, 4) is 5.75 Å². The number of carbonyl (C=O) groups is 1. The summed E-state index contributed by atoms with van der Waals surface area (Å²) in [5.41, 5.74) is 5.98. The molecule has 0 spiro atoms. The summed E-state index contributed by atoms with van der Waals surface area (Å²) in [7, 11) is 1.92. The van der Waals surface area contributed by atoms with Gasteiger partial charge in [0, 0.05) is 17.1 Å². The van der Waals surface area contributed by atoms with Gasteiger partial charge < -0.3 is 21.1 Å². The smallest absolute Gasteiger partial charge is 0.255 e. The van der Waals surface area contributed by atoms with Gasteiger partial charge in [0.1, 0.15) is 5.75 Å². The molecule has 0 bridgehead atoms. The fraction of sp³-hybridized carbons (Fsp3) is 0.462. The molecule has 4 N–H and O–H groups in total. The Balaban J connectivity index is 0. The molecule has 8 heteroatoms. The van der Waals surface area contributed by atoms with Gasteiger partial charge >= 0.3 is 0 Å². The minimum absolute atomic E-state index is 0. The van der Waals surface area contributed by atoms with E-state index in [1.165, 1.54) is 0 Å². The largest absolute Gasteiger partial charge is 0.483 e. The van der Waals surface area contributed by atoms with Crippen LogP contribution >= 0.6 is 36.4 Å². The number of halogens is 3. The van der Waals surface area contributed by atoms with Crippen LogP contribution in [0.15, 0.2) is 18.2 Å². The molecule has 0 saturated carbocycles. The molecule has 122 valence electrons. The first-order valence-corrected chi connectivity index (χ1v) is 6.56. The number of benzene rings is 1. The number of hydrogen-bond donors (Lipinski definition) is 3. The van der Waals surface area contributed by atoms with Gasteiger partial charge in [-0.2, -0.15) is 0 Å². The van der Waals surface area contributed by atoms with Gasteiger partial charge in [-0.15, -0.1) is 24.8 Å². The number of ether oxygens (including phenoxy) is 1. The molecule has 5 nitrogen and oxygen atoms in total. The molecule has 0 aliphatic rings. The summed E-state index contributed by atoms with van der Waals surface area (Å²) in [5, 5.41) is 7.02. The third-order valence-electron chi connectivity index (χ3n) is 2.49. The lowest BCUT2D eigenvalue weighted by Crippen LogP contribution is -2.22. The average Bonchev–Trinajstić information content (AvgIpc) is 2.37. The zero-order valence-corrected chi connectivity index (χ0v) is 14.2. The highest BCUT2D eigenvalue weighted by molar-refractivity contribution is 6.30. The van der Waals surface area contributed by atoms with Crippen LogP contribution in [-0.2, 0) is 11.3 Å². The number of hydrogen-bond acceptors (Lipinski definition) is 4. The maximum absolute atomic E-state index is 10.7. The lowest BCUT2D eigenvalue weighted by Gasteiger charge is -2.11. The third-order valence-corrected chi connectivity index (χ3v) is 2.72. The Morgan fingerprint density at radius 3 is 2.67 bits per heavy atom. The van der Waals surface area contributed by atoms with Gasteiger partial charge in [-0.1, -0.05) is 11.6 Å². The molecule has 0 radical (unpaired) electrons. The second kappa shape index (κ2) is 13.0. The Hall–Kier alpha value is -0.720. The van der Waals surface area contributed by atoms with Crippen molar-refractivity contribution in [3.63, 3.8) is 0 Å². The lowest BCUT2D eigenvalue weighted by atomic mass is 10.2. The standard InChI is InChI=1S/C13H20ClN3O2.2ClH/c1-16-5-2-6-17-8-10-7-11(14)3-4-12(10)19-9-13(15)18;;/h3-4,7,16-17H,2,5-6,8-9H2,1H3,(H2,15,18);2*1H. The van der Waals surface area contributed by atoms with E-state index in [-0.39, 0.29) is 31.4 Å². The Kier molecular flexibility index (Phi) is 13.9. The first-order chi connectivity index (χ1) is 9.13. The van der Waals surface area contributed by atoms with Gasteiger partial charge in [0.05, 0.1) is 0 Å². The van der Waals surface area contributed by atoms with Crippen LogP contribution in [0.25, 0.3) is 0 Å². The highest BCUT2D eigenvalue weighted by atomic mass is 35.5. The fourth-order valence-electron chi connectivity index (χ4n) is 1.59. The van der Waals surface area contributed by atoms with Crippen molar-refractivity contribution < 1.29 is 9.53 Å². The van der Waals surface area contributed by atoms with Crippen LogP contribution in [0, 0.1) is 0 Å². The highest BCUT2D eigenvalue weighted by Gasteiger charge is 2.06. The summed E-state index contributed by atoms with van der Waals surface area (Å²) in [5.74, 6) is 0.132. The van der Waals surface area contributed by atoms with E-state index in [1.807, 2.05) is 13.1 Å². The summed E-state index contributed by atoms with van der Waals surface area (Å²) in [4.78, 5) is 10.7. The highest BCUT2D eigenvalue weighted by Crippen LogP contribution is 2.22. The van der Waals surface area contributed by atoms with Crippen LogP contribution in [-0.4, -0.2) is 32.7 Å². The second-order valence-electron chi connectivity index (χ2n) is 4.14. The van der Waals surface area contributed by atoms with Gasteiger partial charge in [0.25, 0.3) is 5.91 Å². The van der Waals surface area contributed by atoms with E-state index in [1.54, 1.807) is 12.1 Å².